The molecule has 0 spiro atoms. The number of nitrogens with one attached hydrogen (secondary N) is 1. The molecule has 0 radical (unpaired) electrons. The molecule has 0 saturated carbocycles. The van der Waals surface area contributed by atoms with Crippen LogP contribution < -0.4 is 5.32 Å². The Bertz CT molecular complexity index is 941. The van der Waals surface area contributed by atoms with E-state index < -0.39 is 11.7 Å². The number of nitriles is 1. The van der Waals surface area contributed by atoms with Gasteiger partial charge < -0.3 is 14.4 Å². The van der Waals surface area contributed by atoms with E-state index in [1.165, 1.54) is 11.3 Å². The SMILES string of the molecule is CC(C)(C)OC(=O)N1CCc2c(sc(NC(=O)OCc3ccccc3)c2C#N)C1. The number of hydrogen-bond acceptors (Lipinski definition) is 6. The number of amides is 2. The lowest BCUT2D eigenvalue weighted by molar-refractivity contribution is 0.0226. The molecule has 0 saturated heterocycles. The van der Waals surface area contributed by atoms with Crippen LogP contribution in [0.3, 0.4) is 0 Å². The molecular weight excluding hydrogens is 390 g/mol. The Hall–Kier alpha value is -3.05. The molecule has 1 aliphatic rings. The molecule has 8 heteroatoms. The molecule has 29 heavy (non-hydrogen) atoms. The summed E-state index contributed by atoms with van der Waals surface area (Å²) >= 11 is 1.29. The number of carbonyl (C=O) groups is 2. The summed E-state index contributed by atoms with van der Waals surface area (Å²) in [6, 6.07) is 11.5. The topological polar surface area (TPSA) is 91.7 Å². The quantitative estimate of drug-likeness (QED) is 0.790. The van der Waals surface area contributed by atoms with Crippen molar-refractivity contribution in [1.82, 2.24) is 4.90 Å². The van der Waals surface area contributed by atoms with Crippen LogP contribution >= 0.6 is 11.3 Å². The maximum atomic E-state index is 12.3. The summed E-state index contributed by atoms with van der Waals surface area (Å²) in [6.45, 7) is 6.43. The fourth-order valence-corrected chi connectivity index (χ4v) is 4.14. The lowest BCUT2D eigenvalue weighted by atomic mass is 10.0. The Morgan fingerprint density at radius 3 is 2.66 bits per heavy atom. The molecule has 0 aliphatic carbocycles. The van der Waals surface area contributed by atoms with Gasteiger partial charge in [-0.05, 0) is 38.3 Å². The lowest BCUT2D eigenvalue weighted by Crippen LogP contribution is -2.39. The average Bonchev–Trinajstić information content (AvgIpc) is 3.01. The Morgan fingerprint density at radius 1 is 1.28 bits per heavy atom. The monoisotopic (exact) mass is 413 g/mol. The summed E-state index contributed by atoms with van der Waals surface area (Å²) in [6.07, 6.45) is -0.464. The summed E-state index contributed by atoms with van der Waals surface area (Å²) in [5, 5.41) is 12.7. The zero-order valence-electron chi connectivity index (χ0n) is 16.7. The van der Waals surface area contributed by atoms with E-state index in [2.05, 4.69) is 11.4 Å². The number of carbonyl (C=O) groups excluding carboxylic acids is 2. The van der Waals surface area contributed by atoms with Gasteiger partial charge in [0.2, 0.25) is 0 Å². The molecule has 1 N–H and O–H groups in total. The molecule has 1 aliphatic heterocycles. The number of nitrogens with zero attached hydrogens (tertiary/aromatic N) is 2. The maximum absolute atomic E-state index is 12.3. The van der Waals surface area contributed by atoms with Crippen LogP contribution in [0.2, 0.25) is 0 Å². The fourth-order valence-electron chi connectivity index (χ4n) is 2.94. The lowest BCUT2D eigenvalue weighted by Gasteiger charge is -2.29. The molecule has 0 fully saturated rings. The van der Waals surface area contributed by atoms with E-state index >= 15 is 0 Å². The van der Waals surface area contributed by atoms with E-state index in [9.17, 15) is 14.9 Å². The van der Waals surface area contributed by atoms with Gasteiger partial charge in [-0.15, -0.1) is 11.3 Å². The normalized spacial score (nSPS) is 13.2. The van der Waals surface area contributed by atoms with Gasteiger partial charge in [0.25, 0.3) is 0 Å². The second kappa shape index (κ2) is 8.53. The Kier molecular flexibility index (Phi) is 6.09. The van der Waals surface area contributed by atoms with Gasteiger partial charge in [0.15, 0.2) is 0 Å². The summed E-state index contributed by atoms with van der Waals surface area (Å²) in [5.74, 6) is 0. The van der Waals surface area contributed by atoms with Gasteiger partial charge in [0.05, 0.1) is 12.1 Å². The zero-order valence-corrected chi connectivity index (χ0v) is 17.5. The first-order valence-corrected chi connectivity index (χ1v) is 10.1. The number of benzene rings is 1. The summed E-state index contributed by atoms with van der Waals surface area (Å²) in [5.41, 5.74) is 1.61. The summed E-state index contributed by atoms with van der Waals surface area (Å²) < 4.78 is 10.7. The van der Waals surface area contributed by atoms with Gasteiger partial charge in [-0.2, -0.15) is 5.26 Å². The van der Waals surface area contributed by atoms with Crippen molar-refractivity contribution in [1.29, 1.82) is 5.26 Å². The van der Waals surface area contributed by atoms with Crippen LogP contribution in [0.1, 0.15) is 42.3 Å². The van der Waals surface area contributed by atoms with Crippen molar-refractivity contribution < 1.29 is 19.1 Å². The second-order valence-corrected chi connectivity index (χ2v) is 8.76. The Morgan fingerprint density at radius 2 is 2.00 bits per heavy atom. The molecule has 2 aromatic rings. The minimum absolute atomic E-state index is 0.145. The molecule has 2 heterocycles. The van der Waals surface area contributed by atoms with Crippen LogP contribution in [-0.4, -0.2) is 29.2 Å². The number of hydrogen-bond donors (Lipinski definition) is 1. The molecule has 152 valence electrons. The minimum atomic E-state index is -0.618. The van der Waals surface area contributed by atoms with Gasteiger partial charge >= 0.3 is 12.2 Å². The molecule has 0 unspecified atom stereocenters. The van der Waals surface area contributed by atoms with Gasteiger partial charge in [-0.25, -0.2) is 9.59 Å². The largest absolute Gasteiger partial charge is 0.444 e. The number of thiophene rings is 1. The highest BCUT2D eigenvalue weighted by molar-refractivity contribution is 7.16. The van der Waals surface area contributed by atoms with Crippen LogP contribution in [0, 0.1) is 11.3 Å². The molecule has 0 atom stereocenters. The predicted octanol–water partition coefficient (Wildman–Crippen LogP) is 4.66. The third kappa shape index (κ3) is 5.27. The first-order valence-electron chi connectivity index (χ1n) is 9.27. The van der Waals surface area contributed by atoms with Gasteiger partial charge in [0, 0.05) is 11.4 Å². The van der Waals surface area contributed by atoms with Crippen LogP contribution in [0.5, 0.6) is 0 Å². The standard InChI is InChI=1S/C21H23N3O4S/c1-21(2,3)28-20(26)24-10-9-15-16(11-22)18(29-17(15)12-24)23-19(25)27-13-14-7-5-4-6-8-14/h4-8H,9-10,12-13H2,1-3H3,(H,23,25). The number of fused-ring (bicyclic) bond motifs is 1. The Balaban J connectivity index is 1.67. The fraction of sp³-hybridized carbons (Fsp3) is 0.381. The first kappa shape index (κ1) is 20.7. The van der Waals surface area contributed by atoms with Crippen molar-refractivity contribution in [3.63, 3.8) is 0 Å². The Labute approximate surface area is 173 Å². The van der Waals surface area contributed by atoms with Crippen molar-refractivity contribution in [3.05, 3.63) is 51.9 Å². The molecular formula is C21H23N3O4S. The van der Waals surface area contributed by atoms with Crippen molar-refractivity contribution in [2.24, 2.45) is 0 Å². The highest BCUT2D eigenvalue weighted by atomic mass is 32.1. The average molecular weight is 413 g/mol. The van der Waals surface area contributed by atoms with E-state index in [1.807, 2.05) is 51.1 Å². The molecule has 0 bridgehead atoms. The van der Waals surface area contributed by atoms with Crippen LogP contribution in [0.4, 0.5) is 14.6 Å². The number of rotatable bonds is 3. The van der Waals surface area contributed by atoms with Crippen LogP contribution in [0.15, 0.2) is 30.3 Å². The molecule has 3 rings (SSSR count). The van der Waals surface area contributed by atoms with Crippen LogP contribution in [-0.2, 0) is 29.0 Å². The van der Waals surface area contributed by atoms with E-state index in [4.69, 9.17) is 9.47 Å². The van der Waals surface area contributed by atoms with Gasteiger partial charge in [0.1, 0.15) is 23.3 Å². The first-order chi connectivity index (χ1) is 13.8. The van der Waals surface area contributed by atoms with Gasteiger partial charge in [-0.1, -0.05) is 30.3 Å². The predicted molar refractivity (Wildman–Crippen MR) is 110 cm³/mol. The number of anilines is 1. The third-order valence-corrected chi connectivity index (χ3v) is 5.38. The molecule has 2 amide bonds. The highest BCUT2D eigenvalue weighted by Gasteiger charge is 2.30. The van der Waals surface area contributed by atoms with E-state index in [-0.39, 0.29) is 12.7 Å². The van der Waals surface area contributed by atoms with Crippen molar-refractivity contribution >= 4 is 28.5 Å². The van der Waals surface area contributed by atoms with Crippen molar-refractivity contribution in [2.45, 2.75) is 45.9 Å². The molecule has 1 aromatic heterocycles. The number of ether oxygens (including phenoxy) is 2. The minimum Gasteiger partial charge on any atom is -0.444 e. The second-order valence-electron chi connectivity index (χ2n) is 7.66. The van der Waals surface area contributed by atoms with Crippen molar-refractivity contribution in [3.8, 4) is 6.07 Å². The van der Waals surface area contributed by atoms with E-state index in [0.717, 1.165) is 16.0 Å². The van der Waals surface area contributed by atoms with E-state index in [1.54, 1.807) is 4.90 Å². The summed E-state index contributed by atoms with van der Waals surface area (Å²) in [7, 11) is 0. The van der Waals surface area contributed by atoms with E-state index in [0.29, 0.717) is 30.1 Å². The third-order valence-electron chi connectivity index (χ3n) is 4.25. The van der Waals surface area contributed by atoms with Gasteiger partial charge in [-0.3, -0.25) is 5.32 Å². The molecule has 7 nitrogen and oxygen atoms in total. The van der Waals surface area contributed by atoms with Crippen LogP contribution in [0.25, 0.3) is 0 Å². The summed E-state index contributed by atoms with van der Waals surface area (Å²) in [4.78, 5) is 27.0. The zero-order chi connectivity index (χ0) is 21.0. The highest BCUT2D eigenvalue weighted by Crippen LogP contribution is 2.37. The van der Waals surface area contributed by atoms with Crippen molar-refractivity contribution in [2.75, 3.05) is 11.9 Å². The molecule has 1 aromatic carbocycles. The smallest absolute Gasteiger partial charge is 0.412 e. The maximum Gasteiger partial charge on any atom is 0.412 e.